The highest BCUT2D eigenvalue weighted by Crippen LogP contribution is 2.22. The second-order valence-corrected chi connectivity index (χ2v) is 4.93. The molecule has 1 aromatic heterocycles. The van der Waals surface area contributed by atoms with E-state index >= 15 is 0 Å². The number of para-hydroxylation sites is 1. The zero-order chi connectivity index (χ0) is 15.4. The highest BCUT2D eigenvalue weighted by atomic mass is 16.5. The molecule has 0 aliphatic heterocycles. The molecule has 1 heterocycles. The van der Waals surface area contributed by atoms with E-state index in [9.17, 15) is 4.79 Å². The number of anilines is 2. The number of nitrogens with two attached hydrogens (primary N) is 1. The summed E-state index contributed by atoms with van der Waals surface area (Å²) in [7, 11) is 0. The van der Waals surface area contributed by atoms with Gasteiger partial charge in [-0.1, -0.05) is 18.2 Å². The van der Waals surface area contributed by atoms with Gasteiger partial charge in [-0.25, -0.2) is 4.98 Å². The van der Waals surface area contributed by atoms with Crippen LogP contribution in [-0.2, 0) is 4.79 Å². The average molecular weight is 285 g/mol. The van der Waals surface area contributed by atoms with E-state index in [0.717, 1.165) is 16.9 Å². The number of carbonyl (C=O) groups is 1. The SMILES string of the molecule is Cc1cccc(C)c1OCC(=O)Nc1ccc(N)c(C)n1. The molecule has 0 saturated carbocycles. The summed E-state index contributed by atoms with van der Waals surface area (Å²) in [5.74, 6) is 0.959. The number of aromatic nitrogens is 1. The first-order valence-electron chi connectivity index (χ1n) is 6.69. The van der Waals surface area contributed by atoms with Gasteiger partial charge in [0.15, 0.2) is 6.61 Å². The Morgan fingerprint density at radius 3 is 2.48 bits per heavy atom. The predicted octanol–water partition coefficient (Wildman–Crippen LogP) is 2.61. The molecular formula is C16H19N3O2. The highest BCUT2D eigenvalue weighted by Gasteiger charge is 2.08. The molecule has 0 unspecified atom stereocenters. The molecule has 5 nitrogen and oxygen atoms in total. The average Bonchev–Trinajstić information content (AvgIpc) is 2.42. The van der Waals surface area contributed by atoms with Crippen molar-refractivity contribution in [1.29, 1.82) is 0 Å². The van der Waals surface area contributed by atoms with Crippen LogP contribution in [0.2, 0.25) is 0 Å². The lowest BCUT2D eigenvalue weighted by Gasteiger charge is -2.12. The Labute approximate surface area is 124 Å². The van der Waals surface area contributed by atoms with Crippen molar-refractivity contribution in [3.63, 3.8) is 0 Å². The molecule has 2 rings (SSSR count). The quantitative estimate of drug-likeness (QED) is 0.905. The zero-order valence-electron chi connectivity index (χ0n) is 12.4. The van der Waals surface area contributed by atoms with Gasteiger partial charge in [0.2, 0.25) is 0 Å². The molecule has 5 heteroatoms. The third-order valence-electron chi connectivity index (χ3n) is 3.15. The third kappa shape index (κ3) is 3.72. The molecular weight excluding hydrogens is 266 g/mol. The van der Waals surface area contributed by atoms with Crippen LogP contribution in [0, 0.1) is 20.8 Å². The number of hydrogen-bond acceptors (Lipinski definition) is 4. The minimum Gasteiger partial charge on any atom is -0.483 e. The van der Waals surface area contributed by atoms with Crippen molar-refractivity contribution in [2.45, 2.75) is 20.8 Å². The topological polar surface area (TPSA) is 77.2 Å². The van der Waals surface area contributed by atoms with Crippen molar-refractivity contribution < 1.29 is 9.53 Å². The van der Waals surface area contributed by atoms with Crippen molar-refractivity contribution in [2.24, 2.45) is 0 Å². The Kier molecular flexibility index (Phi) is 4.42. The van der Waals surface area contributed by atoms with E-state index in [1.807, 2.05) is 32.0 Å². The summed E-state index contributed by atoms with van der Waals surface area (Å²) in [6.45, 7) is 5.63. The smallest absolute Gasteiger partial charge is 0.263 e. The first-order valence-corrected chi connectivity index (χ1v) is 6.69. The first kappa shape index (κ1) is 14.8. The molecule has 0 aliphatic rings. The lowest BCUT2D eigenvalue weighted by atomic mass is 10.1. The van der Waals surface area contributed by atoms with Gasteiger partial charge in [0.25, 0.3) is 5.91 Å². The molecule has 0 spiro atoms. The number of carbonyl (C=O) groups excluding carboxylic acids is 1. The fourth-order valence-corrected chi connectivity index (χ4v) is 1.98. The summed E-state index contributed by atoms with van der Waals surface area (Å²) in [4.78, 5) is 16.1. The molecule has 1 amide bonds. The minimum absolute atomic E-state index is 0.0587. The number of aryl methyl sites for hydroxylation is 3. The van der Waals surface area contributed by atoms with E-state index in [-0.39, 0.29) is 12.5 Å². The van der Waals surface area contributed by atoms with Gasteiger partial charge in [0.1, 0.15) is 11.6 Å². The fourth-order valence-electron chi connectivity index (χ4n) is 1.98. The monoisotopic (exact) mass is 285 g/mol. The van der Waals surface area contributed by atoms with Gasteiger partial charge >= 0.3 is 0 Å². The second-order valence-electron chi connectivity index (χ2n) is 4.93. The molecule has 0 radical (unpaired) electrons. The molecule has 1 aromatic carbocycles. The van der Waals surface area contributed by atoms with Crippen LogP contribution < -0.4 is 15.8 Å². The number of benzene rings is 1. The Hall–Kier alpha value is -2.56. The first-order chi connectivity index (χ1) is 9.97. The lowest BCUT2D eigenvalue weighted by molar-refractivity contribution is -0.118. The van der Waals surface area contributed by atoms with Crippen LogP contribution in [0.1, 0.15) is 16.8 Å². The van der Waals surface area contributed by atoms with Crippen molar-refractivity contribution in [2.75, 3.05) is 17.7 Å². The summed E-state index contributed by atoms with van der Waals surface area (Å²) in [6.07, 6.45) is 0. The number of nitrogens with zero attached hydrogens (tertiary/aromatic N) is 1. The summed E-state index contributed by atoms with van der Waals surface area (Å²) >= 11 is 0. The number of nitrogen functional groups attached to an aromatic ring is 1. The van der Waals surface area contributed by atoms with Gasteiger partial charge in [-0.2, -0.15) is 0 Å². The van der Waals surface area contributed by atoms with E-state index in [1.54, 1.807) is 19.1 Å². The molecule has 0 bridgehead atoms. The molecule has 0 fully saturated rings. The van der Waals surface area contributed by atoms with Crippen LogP contribution in [0.3, 0.4) is 0 Å². The molecule has 0 saturated heterocycles. The number of rotatable bonds is 4. The summed E-state index contributed by atoms with van der Waals surface area (Å²) in [5.41, 5.74) is 8.98. The number of pyridine rings is 1. The van der Waals surface area contributed by atoms with E-state index in [1.165, 1.54) is 0 Å². The summed E-state index contributed by atoms with van der Waals surface area (Å²) in [5, 5.41) is 2.69. The van der Waals surface area contributed by atoms with Crippen molar-refractivity contribution in [1.82, 2.24) is 4.98 Å². The third-order valence-corrected chi connectivity index (χ3v) is 3.15. The minimum atomic E-state index is -0.255. The number of hydrogen-bond donors (Lipinski definition) is 2. The van der Waals surface area contributed by atoms with E-state index < -0.39 is 0 Å². The van der Waals surface area contributed by atoms with Gasteiger partial charge < -0.3 is 15.8 Å². The summed E-state index contributed by atoms with van der Waals surface area (Å²) < 4.78 is 5.59. The highest BCUT2D eigenvalue weighted by molar-refractivity contribution is 5.91. The number of nitrogens with one attached hydrogen (secondary N) is 1. The van der Waals surface area contributed by atoms with Crippen LogP contribution in [0.15, 0.2) is 30.3 Å². The largest absolute Gasteiger partial charge is 0.483 e. The molecule has 0 atom stereocenters. The van der Waals surface area contributed by atoms with Gasteiger partial charge in [0, 0.05) is 0 Å². The second kappa shape index (κ2) is 6.26. The lowest BCUT2D eigenvalue weighted by Crippen LogP contribution is -2.21. The van der Waals surface area contributed by atoms with E-state index in [0.29, 0.717) is 17.2 Å². The molecule has 3 N–H and O–H groups in total. The fraction of sp³-hybridized carbons (Fsp3) is 0.250. The van der Waals surface area contributed by atoms with E-state index in [2.05, 4.69) is 10.3 Å². The standard InChI is InChI=1S/C16H19N3O2/c1-10-5-4-6-11(2)16(10)21-9-15(20)19-14-8-7-13(17)12(3)18-14/h4-8H,9,17H2,1-3H3,(H,18,19,20). The number of ether oxygens (including phenoxy) is 1. The predicted molar refractivity (Wildman–Crippen MR) is 83.4 cm³/mol. The van der Waals surface area contributed by atoms with E-state index in [4.69, 9.17) is 10.5 Å². The van der Waals surface area contributed by atoms with Gasteiger partial charge in [-0.15, -0.1) is 0 Å². The van der Waals surface area contributed by atoms with Crippen LogP contribution >= 0.6 is 0 Å². The Bertz CT molecular complexity index is 648. The summed E-state index contributed by atoms with van der Waals surface area (Å²) in [6, 6.07) is 9.23. The van der Waals surface area contributed by atoms with Crippen LogP contribution in [0.5, 0.6) is 5.75 Å². The molecule has 21 heavy (non-hydrogen) atoms. The van der Waals surface area contributed by atoms with Gasteiger partial charge in [-0.3, -0.25) is 4.79 Å². The zero-order valence-corrected chi connectivity index (χ0v) is 12.4. The van der Waals surface area contributed by atoms with Crippen molar-refractivity contribution in [3.8, 4) is 5.75 Å². The van der Waals surface area contributed by atoms with Crippen LogP contribution in [0.4, 0.5) is 11.5 Å². The van der Waals surface area contributed by atoms with Crippen LogP contribution in [-0.4, -0.2) is 17.5 Å². The molecule has 0 aliphatic carbocycles. The maximum absolute atomic E-state index is 11.9. The van der Waals surface area contributed by atoms with Gasteiger partial charge in [0.05, 0.1) is 11.4 Å². The van der Waals surface area contributed by atoms with Crippen molar-refractivity contribution in [3.05, 3.63) is 47.2 Å². The molecule has 110 valence electrons. The Balaban J connectivity index is 1.97. The van der Waals surface area contributed by atoms with Crippen molar-refractivity contribution >= 4 is 17.4 Å². The maximum Gasteiger partial charge on any atom is 0.263 e. The Morgan fingerprint density at radius 1 is 1.19 bits per heavy atom. The Morgan fingerprint density at radius 2 is 1.86 bits per heavy atom. The normalized spacial score (nSPS) is 10.2. The van der Waals surface area contributed by atoms with Gasteiger partial charge in [-0.05, 0) is 44.0 Å². The maximum atomic E-state index is 11.9. The number of amides is 1. The molecule has 2 aromatic rings. The van der Waals surface area contributed by atoms with Crippen LogP contribution in [0.25, 0.3) is 0 Å².